The summed E-state index contributed by atoms with van der Waals surface area (Å²) in [5.41, 5.74) is 1.21. The van der Waals surface area contributed by atoms with Gasteiger partial charge in [0.1, 0.15) is 10.6 Å². The van der Waals surface area contributed by atoms with E-state index in [2.05, 4.69) is 0 Å². The normalized spacial score (nSPS) is 13.0. The van der Waals surface area contributed by atoms with Gasteiger partial charge in [-0.1, -0.05) is 18.2 Å². The van der Waals surface area contributed by atoms with Gasteiger partial charge < -0.3 is 4.74 Å². The molecular weight excluding hydrogens is 338 g/mol. The van der Waals surface area contributed by atoms with Crippen LogP contribution >= 0.6 is 11.3 Å². The van der Waals surface area contributed by atoms with E-state index in [1.807, 2.05) is 0 Å². The van der Waals surface area contributed by atoms with Crippen molar-refractivity contribution in [3.05, 3.63) is 82.0 Å². The minimum absolute atomic E-state index is 0.346. The average Bonchev–Trinajstić information content (AvgIpc) is 3.25. The lowest BCUT2D eigenvalue weighted by Gasteiger charge is -2.14. The fourth-order valence-electron chi connectivity index (χ4n) is 2.64. The standard InChI is InChI=1S/C19H11NO4S/c21-17-14-4-1-2-5-15(14)18(22)20(17)12-7-9-13(10-8-12)24-19(23)16-6-3-11-25-16/h1-11H. The highest BCUT2D eigenvalue weighted by Gasteiger charge is 2.36. The summed E-state index contributed by atoms with van der Waals surface area (Å²) in [6.45, 7) is 0. The van der Waals surface area contributed by atoms with E-state index in [-0.39, 0.29) is 11.8 Å². The van der Waals surface area contributed by atoms with E-state index in [4.69, 9.17) is 4.74 Å². The van der Waals surface area contributed by atoms with Crippen LogP contribution < -0.4 is 9.64 Å². The quantitative estimate of drug-likeness (QED) is 0.410. The summed E-state index contributed by atoms with van der Waals surface area (Å²) >= 11 is 1.30. The molecular formula is C19H11NO4S. The number of ether oxygens (including phenoxy) is 1. The molecule has 1 aliphatic heterocycles. The van der Waals surface area contributed by atoms with Gasteiger partial charge in [0.15, 0.2) is 0 Å². The van der Waals surface area contributed by atoms with E-state index in [9.17, 15) is 14.4 Å². The summed E-state index contributed by atoms with van der Waals surface area (Å²) in [5, 5.41) is 1.79. The lowest BCUT2D eigenvalue weighted by molar-refractivity contribution is 0.0738. The van der Waals surface area contributed by atoms with Crippen molar-refractivity contribution in [3.8, 4) is 5.75 Å². The van der Waals surface area contributed by atoms with Gasteiger partial charge in [-0.3, -0.25) is 9.59 Å². The van der Waals surface area contributed by atoms with Crippen LogP contribution in [0.2, 0.25) is 0 Å². The van der Waals surface area contributed by atoms with Crippen molar-refractivity contribution in [3.63, 3.8) is 0 Å². The van der Waals surface area contributed by atoms with Crippen molar-refractivity contribution >= 4 is 34.8 Å². The third-order valence-electron chi connectivity index (χ3n) is 3.82. The lowest BCUT2D eigenvalue weighted by Crippen LogP contribution is -2.29. The predicted octanol–water partition coefficient (Wildman–Crippen LogP) is 3.77. The summed E-state index contributed by atoms with van der Waals surface area (Å²) in [7, 11) is 0. The van der Waals surface area contributed by atoms with Gasteiger partial charge in [-0.05, 0) is 47.8 Å². The van der Waals surface area contributed by atoms with Crippen molar-refractivity contribution in [1.29, 1.82) is 0 Å². The number of rotatable bonds is 3. The summed E-state index contributed by atoms with van der Waals surface area (Å²) < 4.78 is 5.28. The van der Waals surface area contributed by atoms with Crippen molar-refractivity contribution in [2.24, 2.45) is 0 Å². The molecule has 0 atom stereocenters. The average molecular weight is 349 g/mol. The Morgan fingerprint density at radius 1 is 0.840 bits per heavy atom. The smallest absolute Gasteiger partial charge is 0.353 e. The van der Waals surface area contributed by atoms with Crippen LogP contribution in [-0.4, -0.2) is 17.8 Å². The molecule has 4 rings (SSSR count). The Hall–Kier alpha value is -3.25. The maximum Gasteiger partial charge on any atom is 0.353 e. The number of fused-ring (bicyclic) bond motifs is 1. The molecule has 0 bridgehead atoms. The molecule has 0 fully saturated rings. The number of anilines is 1. The zero-order chi connectivity index (χ0) is 17.4. The van der Waals surface area contributed by atoms with Crippen LogP contribution in [-0.2, 0) is 0 Å². The number of benzene rings is 2. The molecule has 0 unspecified atom stereocenters. The van der Waals surface area contributed by atoms with Crippen LogP contribution in [0.5, 0.6) is 5.75 Å². The van der Waals surface area contributed by atoms with Gasteiger partial charge in [-0.2, -0.15) is 0 Å². The van der Waals surface area contributed by atoms with Gasteiger partial charge in [0.05, 0.1) is 16.8 Å². The van der Waals surface area contributed by atoms with E-state index >= 15 is 0 Å². The molecule has 1 aliphatic rings. The molecule has 5 nitrogen and oxygen atoms in total. The second kappa shape index (κ2) is 5.99. The second-order valence-electron chi connectivity index (χ2n) is 5.35. The van der Waals surface area contributed by atoms with Gasteiger partial charge in [-0.25, -0.2) is 9.69 Å². The molecule has 3 aromatic rings. The molecule has 0 saturated heterocycles. The van der Waals surface area contributed by atoms with Gasteiger partial charge in [-0.15, -0.1) is 11.3 Å². The number of nitrogens with zero attached hydrogens (tertiary/aromatic N) is 1. The predicted molar refractivity (Wildman–Crippen MR) is 93.3 cm³/mol. The Morgan fingerprint density at radius 2 is 1.48 bits per heavy atom. The zero-order valence-corrected chi connectivity index (χ0v) is 13.7. The van der Waals surface area contributed by atoms with Crippen molar-refractivity contribution in [2.75, 3.05) is 4.90 Å². The van der Waals surface area contributed by atoms with Crippen LogP contribution in [0.4, 0.5) is 5.69 Å². The first-order valence-electron chi connectivity index (χ1n) is 7.49. The Balaban J connectivity index is 1.56. The van der Waals surface area contributed by atoms with E-state index in [1.54, 1.807) is 66.0 Å². The number of esters is 1. The minimum atomic E-state index is -0.441. The van der Waals surface area contributed by atoms with E-state index < -0.39 is 5.97 Å². The van der Waals surface area contributed by atoms with Crippen LogP contribution in [0.1, 0.15) is 30.4 Å². The molecule has 0 spiro atoms. The number of amides is 2. The van der Waals surface area contributed by atoms with E-state index in [1.165, 1.54) is 11.3 Å². The first kappa shape index (κ1) is 15.3. The zero-order valence-electron chi connectivity index (χ0n) is 12.8. The highest BCUT2D eigenvalue weighted by molar-refractivity contribution is 7.12. The maximum atomic E-state index is 12.4. The lowest BCUT2D eigenvalue weighted by atomic mass is 10.1. The largest absolute Gasteiger partial charge is 0.422 e. The molecule has 0 saturated carbocycles. The van der Waals surface area contributed by atoms with Crippen molar-refractivity contribution in [1.82, 2.24) is 0 Å². The fraction of sp³-hybridized carbons (Fsp3) is 0. The van der Waals surface area contributed by atoms with Crippen LogP contribution in [0.15, 0.2) is 66.0 Å². The number of hydrogen-bond acceptors (Lipinski definition) is 5. The van der Waals surface area contributed by atoms with Crippen molar-refractivity contribution in [2.45, 2.75) is 0 Å². The SMILES string of the molecule is O=C(Oc1ccc(N2C(=O)c3ccccc3C2=O)cc1)c1cccs1. The highest BCUT2D eigenvalue weighted by Crippen LogP contribution is 2.29. The molecule has 0 radical (unpaired) electrons. The number of carbonyl (C=O) groups excluding carboxylic acids is 3. The number of carbonyl (C=O) groups is 3. The summed E-state index contributed by atoms with van der Waals surface area (Å²) in [4.78, 5) is 38.5. The summed E-state index contributed by atoms with van der Waals surface area (Å²) in [6, 6.07) is 16.4. The number of thiophene rings is 1. The second-order valence-corrected chi connectivity index (χ2v) is 6.30. The molecule has 25 heavy (non-hydrogen) atoms. The molecule has 122 valence electrons. The molecule has 2 aromatic carbocycles. The third kappa shape index (κ3) is 2.62. The topological polar surface area (TPSA) is 63.7 Å². The molecule has 1 aromatic heterocycles. The van der Waals surface area contributed by atoms with Crippen LogP contribution in [0.25, 0.3) is 0 Å². The Morgan fingerprint density at radius 3 is 2.04 bits per heavy atom. The molecule has 0 N–H and O–H groups in total. The number of hydrogen-bond donors (Lipinski definition) is 0. The molecule has 2 amide bonds. The van der Waals surface area contributed by atoms with Crippen LogP contribution in [0.3, 0.4) is 0 Å². The first-order chi connectivity index (χ1) is 12.1. The Kier molecular flexibility index (Phi) is 3.66. The van der Waals surface area contributed by atoms with Crippen LogP contribution in [0, 0.1) is 0 Å². The minimum Gasteiger partial charge on any atom is -0.422 e. The Labute approximate surface area is 147 Å². The van der Waals surface area contributed by atoms with Crippen molar-refractivity contribution < 1.29 is 19.1 Å². The fourth-order valence-corrected chi connectivity index (χ4v) is 3.24. The van der Waals surface area contributed by atoms with E-state index in [0.29, 0.717) is 27.4 Å². The molecule has 6 heteroatoms. The van der Waals surface area contributed by atoms with E-state index in [0.717, 1.165) is 4.90 Å². The summed E-state index contributed by atoms with van der Waals surface area (Å²) in [5.74, 6) is -0.810. The van der Waals surface area contributed by atoms with Gasteiger partial charge in [0, 0.05) is 0 Å². The monoisotopic (exact) mass is 349 g/mol. The molecule has 0 aliphatic carbocycles. The highest BCUT2D eigenvalue weighted by atomic mass is 32.1. The first-order valence-corrected chi connectivity index (χ1v) is 8.36. The van der Waals surface area contributed by atoms with Gasteiger partial charge >= 0.3 is 5.97 Å². The summed E-state index contributed by atoms with van der Waals surface area (Å²) in [6.07, 6.45) is 0. The molecule has 2 heterocycles. The van der Waals surface area contributed by atoms with Gasteiger partial charge in [0.2, 0.25) is 0 Å². The third-order valence-corrected chi connectivity index (χ3v) is 4.67. The van der Waals surface area contributed by atoms with Gasteiger partial charge in [0.25, 0.3) is 11.8 Å². The maximum absolute atomic E-state index is 12.4. The number of imide groups is 1. The Bertz CT molecular complexity index is 942.